The summed E-state index contributed by atoms with van der Waals surface area (Å²) in [5.41, 5.74) is 1.29. The Bertz CT molecular complexity index is 377. The Morgan fingerprint density at radius 3 is 3.06 bits per heavy atom. The van der Waals surface area contributed by atoms with Crippen molar-refractivity contribution in [3.05, 3.63) is 23.9 Å². The largest absolute Gasteiger partial charge is 0.355 e. The van der Waals surface area contributed by atoms with Crippen molar-refractivity contribution in [3.8, 4) is 0 Å². The molecule has 1 N–H and O–H groups in total. The molecule has 2 fully saturated rings. The normalized spacial score (nSPS) is 29.2. The number of hydrogen-bond donors (Lipinski definition) is 1. The van der Waals surface area contributed by atoms with Gasteiger partial charge in [0.25, 0.3) is 0 Å². The van der Waals surface area contributed by atoms with Crippen LogP contribution in [0.1, 0.15) is 24.8 Å². The van der Waals surface area contributed by atoms with Gasteiger partial charge in [-0.2, -0.15) is 0 Å². The van der Waals surface area contributed by atoms with Crippen LogP contribution < -0.4 is 10.2 Å². The summed E-state index contributed by atoms with van der Waals surface area (Å²) in [6.45, 7) is 4.42. The van der Waals surface area contributed by atoms with E-state index in [1.807, 2.05) is 12.3 Å². The van der Waals surface area contributed by atoms with E-state index in [9.17, 15) is 0 Å². The predicted octanol–water partition coefficient (Wildman–Crippen LogP) is 1.72. The first-order valence-corrected chi connectivity index (χ1v) is 6.25. The Morgan fingerprint density at radius 1 is 1.31 bits per heavy atom. The molecule has 2 saturated heterocycles. The fourth-order valence-corrected chi connectivity index (χ4v) is 2.94. The molecular weight excluding hydrogens is 198 g/mol. The minimum Gasteiger partial charge on any atom is -0.355 e. The van der Waals surface area contributed by atoms with Gasteiger partial charge in [-0.15, -0.1) is 0 Å². The summed E-state index contributed by atoms with van der Waals surface area (Å²) in [4.78, 5) is 6.98. The molecule has 3 heteroatoms. The van der Waals surface area contributed by atoms with Gasteiger partial charge in [0.05, 0.1) is 0 Å². The number of fused-ring (bicyclic) bond motifs is 2. The van der Waals surface area contributed by atoms with Gasteiger partial charge in [-0.1, -0.05) is 6.07 Å². The quantitative estimate of drug-likeness (QED) is 0.776. The van der Waals surface area contributed by atoms with E-state index in [1.165, 1.54) is 30.6 Å². The summed E-state index contributed by atoms with van der Waals surface area (Å²) >= 11 is 0. The molecule has 2 unspecified atom stereocenters. The van der Waals surface area contributed by atoms with Crippen LogP contribution in [0.3, 0.4) is 0 Å². The summed E-state index contributed by atoms with van der Waals surface area (Å²) in [6, 6.07) is 5.59. The van der Waals surface area contributed by atoms with E-state index in [0.717, 1.165) is 19.1 Å². The van der Waals surface area contributed by atoms with E-state index < -0.39 is 0 Å². The van der Waals surface area contributed by atoms with Crippen LogP contribution in [0.4, 0.5) is 5.82 Å². The van der Waals surface area contributed by atoms with Crippen molar-refractivity contribution in [1.82, 2.24) is 10.3 Å². The number of rotatable bonds is 1. The molecule has 3 nitrogen and oxygen atoms in total. The zero-order valence-corrected chi connectivity index (χ0v) is 9.82. The molecule has 1 aromatic heterocycles. The molecule has 3 rings (SSSR count). The lowest BCUT2D eigenvalue weighted by Crippen LogP contribution is -2.36. The number of hydrogen-bond acceptors (Lipinski definition) is 3. The molecule has 0 radical (unpaired) electrons. The molecule has 2 aliphatic rings. The van der Waals surface area contributed by atoms with Gasteiger partial charge < -0.3 is 10.2 Å². The number of aryl methyl sites for hydroxylation is 1. The van der Waals surface area contributed by atoms with Gasteiger partial charge >= 0.3 is 0 Å². The highest BCUT2D eigenvalue weighted by Gasteiger charge is 2.29. The lowest BCUT2D eigenvalue weighted by atomic mass is 10.1. The monoisotopic (exact) mass is 217 g/mol. The highest BCUT2D eigenvalue weighted by atomic mass is 15.2. The second-order valence-electron chi connectivity index (χ2n) is 5.02. The summed E-state index contributed by atoms with van der Waals surface area (Å²) < 4.78 is 0. The van der Waals surface area contributed by atoms with Crippen LogP contribution in [0.5, 0.6) is 0 Å². The number of nitrogens with one attached hydrogen (secondary N) is 1. The van der Waals surface area contributed by atoms with Gasteiger partial charge in [0.1, 0.15) is 5.82 Å². The molecule has 3 heterocycles. The molecule has 0 amide bonds. The van der Waals surface area contributed by atoms with Crippen molar-refractivity contribution in [2.45, 2.75) is 38.3 Å². The first-order chi connectivity index (χ1) is 7.83. The number of anilines is 1. The van der Waals surface area contributed by atoms with Gasteiger partial charge in [-0.05, 0) is 37.8 Å². The van der Waals surface area contributed by atoms with Crippen LogP contribution >= 0.6 is 0 Å². The SMILES string of the molecule is Cc1cccnc1N1CCC2CCC(C1)N2. The number of aromatic nitrogens is 1. The Hall–Kier alpha value is -1.09. The van der Waals surface area contributed by atoms with Crippen molar-refractivity contribution < 1.29 is 0 Å². The van der Waals surface area contributed by atoms with E-state index in [4.69, 9.17) is 0 Å². The van der Waals surface area contributed by atoms with E-state index in [0.29, 0.717) is 6.04 Å². The molecule has 2 atom stereocenters. The fraction of sp³-hybridized carbons (Fsp3) is 0.615. The highest BCUT2D eigenvalue weighted by Crippen LogP contribution is 2.24. The Labute approximate surface area is 96.9 Å². The van der Waals surface area contributed by atoms with Crippen LogP contribution in [-0.4, -0.2) is 30.2 Å². The summed E-state index contributed by atoms with van der Waals surface area (Å²) in [5, 5.41) is 3.70. The molecule has 0 aromatic carbocycles. The molecule has 1 aromatic rings. The molecule has 0 spiro atoms. The summed E-state index contributed by atoms with van der Waals surface area (Å²) in [7, 11) is 0. The van der Waals surface area contributed by atoms with E-state index >= 15 is 0 Å². The maximum absolute atomic E-state index is 4.53. The molecule has 2 aliphatic heterocycles. The van der Waals surface area contributed by atoms with E-state index in [2.05, 4.69) is 28.2 Å². The van der Waals surface area contributed by atoms with Crippen LogP contribution in [0, 0.1) is 6.92 Å². The van der Waals surface area contributed by atoms with Crippen molar-refractivity contribution in [2.24, 2.45) is 0 Å². The van der Waals surface area contributed by atoms with Crippen LogP contribution in [0.2, 0.25) is 0 Å². The van der Waals surface area contributed by atoms with Crippen LogP contribution in [0.15, 0.2) is 18.3 Å². The van der Waals surface area contributed by atoms with E-state index in [-0.39, 0.29) is 0 Å². The fourth-order valence-electron chi connectivity index (χ4n) is 2.94. The summed E-state index contributed by atoms with van der Waals surface area (Å²) in [6.07, 6.45) is 5.85. The van der Waals surface area contributed by atoms with Gasteiger partial charge in [-0.25, -0.2) is 4.98 Å². The smallest absolute Gasteiger partial charge is 0.131 e. The van der Waals surface area contributed by atoms with Gasteiger partial charge in [-0.3, -0.25) is 0 Å². The molecular formula is C13H19N3. The van der Waals surface area contributed by atoms with Gasteiger partial charge in [0.15, 0.2) is 0 Å². The Kier molecular flexibility index (Phi) is 2.56. The molecule has 0 saturated carbocycles. The summed E-state index contributed by atoms with van der Waals surface area (Å²) in [5.74, 6) is 1.18. The second-order valence-corrected chi connectivity index (χ2v) is 5.02. The molecule has 86 valence electrons. The number of nitrogens with zero attached hydrogens (tertiary/aromatic N) is 2. The van der Waals surface area contributed by atoms with Crippen molar-refractivity contribution in [2.75, 3.05) is 18.0 Å². The zero-order valence-electron chi connectivity index (χ0n) is 9.82. The maximum atomic E-state index is 4.53. The zero-order chi connectivity index (χ0) is 11.0. The van der Waals surface area contributed by atoms with Crippen molar-refractivity contribution >= 4 is 5.82 Å². The molecule has 16 heavy (non-hydrogen) atoms. The third-order valence-corrected chi connectivity index (χ3v) is 3.80. The van der Waals surface area contributed by atoms with Crippen molar-refractivity contribution in [3.63, 3.8) is 0 Å². The van der Waals surface area contributed by atoms with Crippen LogP contribution in [0.25, 0.3) is 0 Å². The Morgan fingerprint density at radius 2 is 2.19 bits per heavy atom. The third kappa shape index (κ3) is 1.80. The minimum atomic E-state index is 0.675. The van der Waals surface area contributed by atoms with Gasteiger partial charge in [0, 0.05) is 31.4 Å². The molecule has 0 aliphatic carbocycles. The maximum Gasteiger partial charge on any atom is 0.131 e. The van der Waals surface area contributed by atoms with Crippen LogP contribution in [-0.2, 0) is 0 Å². The Balaban J connectivity index is 1.82. The lowest BCUT2D eigenvalue weighted by Gasteiger charge is -2.26. The second kappa shape index (κ2) is 4.06. The number of pyridine rings is 1. The van der Waals surface area contributed by atoms with Gasteiger partial charge in [0.2, 0.25) is 0 Å². The first-order valence-electron chi connectivity index (χ1n) is 6.25. The van der Waals surface area contributed by atoms with E-state index in [1.54, 1.807) is 0 Å². The molecule has 2 bridgehead atoms. The topological polar surface area (TPSA) is 28.2 Å². The average Bonchev–Trinajstić information content (AvgIpc) is 2.60. The minimum absolute atomic E-state index is 0.675. The highest BCUT2D eigenvalue weighted by molar-refractivity contribution is 5.46. The first kappa shape index (κ1) is 10.1. The predicted molar refractivity (Wildman–Crippen MR) is 65.7 cm³/mol. The third-order valence-electron chi connectivity index (χ3n) is 3.80. The average molecular weight is 217 g/mol. The lowest BCUT2D eigenvalue weighted by molar-refractivity contribution is 0.563. The standard InChI is InChI=1S/C13H19N3/c1-10-3-2-7-14-13(10)16-8-6-11-4-5-12(9-16)15-11/h2-3,7,11-12,15H,4-6,8-9H2,1H3. The van der Waals surface area contributed by atoms with Crippen molar-refractivity contribution in [1.29, 1.82) is 0 Å².